The zero-order valence-electron chi connectivity index (χ0n) is 11.6. The first-order valence-electron chi connectivity index (χ1n) is 6.37. The van der Waals surface area contributed by atoms with E-state index in [1.54, 1.807) is 6.20 Å². The van der Waals surface area contributed by atoms with Crippen molar-refractivity contribution >= 4 is 34.8 Å². The lowest BCUT2D eigenvalue weighted by Gasteiger charge is -2.10. The summed E-state index contributed by atoms with van der Waals surface area (Å²) < 4.78 is 5.57. The second kappa shape index (κ2) is 7.27. The van der Waals surface area contributed by atoms with Crippen molar-refractivity contribution in [3.63, 3.8) is 0 Å². The van der Waals surface area contributed by atoms with E-state index in [1.165, 1.54) is 12.1 Å². The highest BCUT2D eigenvalue weighted by atomic mass is 35.5. The molecule has 1 aromatic carbocycles. The largest absolute Gasteiger partial charge is 0.423 e. The molecule has 2 rings (SSSR count). The van der Waals surface area contributed by atoms with E-state index in [4.69, 9.17) is 39.5 Å². The van der Waals surface area contributed by atoms with Gasteiger partial charge in [0.15, 0.2) is 5.75 Å². The van der Waals surface area contributed by atoms with Gasteiger partial charge in [0.25, 0.3) is 0 Å². The van der Waals surface area contributed by atoms with Gasteiger partial charge in [-0.05, 0) is 19.5 Å². The predicted molar refractivity (Wildman–Crippen MR) is 85.7 cm³/mol. The van der Waals surface area contributed by atoms with Gasteiger partial charge in [-0.1, -0.05) is 41.7 Å². The zero-order valence-corrected chi connectivity index (χ0v) is 13.9. The fourth-order valence-corrected chi connectivity index (χ4v) is 2.21. The number of rotatable bonds is 5. The highest BCUT2D eigenvalue weighted by Gasteiger charge is 2.11. The summed E-state index contributed by atoms with van der Waals surface area (Å²) in [5.41, 5.74) is 1.86. The highest BCUT2D eigenvalue weighted by molar-refractivity contribution is 6.43. The van der Waals surface area contributed by atoms with Gasteiger partial charge in [-0.2, -0.15) is 4.98 Å². The Bertz CT molecular complexity index is 650. The van der Waals surface area contributed by atoms with Crippen molar-refractivity contribution in [3.05, 3.63) is 44.7 Å². The van der Waals surface area contributed by atoms with Gasteiger partial charge in [-0.3, -0.25) is 0 Å². The molecule has 1 N–H and O–H groups in total. The third-order valence-electron chi connectivity index (χ3n) is 2.80. The number of benzene rings is 1. The van der Waals surface area contributed by atoms with Gasteiger partial charge in [0.2, 0.25) is 0 Å². The normalized spacial score (nSPS) is 10.7. The van der Waals surface area contributed by atoms with Crippen LogP contribution in [0.15, 0.2) is 18.3 Å². The van der Waals surface area contributed by atoms with E-state index in [0.29, 0.717) is 20.8 Å². The second-order valence-corrected chi connectivity index (χ2v) is 5.56. The van der Waals surface area contributed by atoms with E-state index in [9.17, 15) is 0 Å². The number of hydrogen-bond acceptors (Lipinski definition) is 4. The van der Waals surface area contributed by atoms with Crippen molar-refractivity contribution in [2.24, 2.45) is 0 Å². The van der Waals surface area contributed by atoms with Crippen LogP contribution in [0.5, 0.6) is 11.8 Å². The molecule has 0 unspecified atom stereocenters. The number of ether oxygens (including phenoxy) is 1. The van der Waals surface area contributed by atoms with Gasteiger partial charge in [0.1, 0.15) is 0 Å². The summed E-state index contributed by atoms with van der Waals surface area (Å²) in [6, 6.07) is 3.28. The first-order chi connectivity index (χ1) is 10.0. The molecule has 1 aromatic heterocycles. The molecule has 0 amide bonds. The number of hydrogen-bond donors (Lipinski definition) is 1. The number of nitrogens with zero attached hydrogens (tertiary/aromatic N) is 2. The third-order valence-corrected chi connectivity index (χ3v) is 3.82. The van der Waals surface area contributed by atoms with Gasteiger partial charge >= 0.3 is 6.01 Å². The Morgan fingerprint density at radius 2 is 1.86 bits per heavy atom. The average Bonchev–Trinajstić information content (AvgIpc) is 2.44. The minimum atomic E-state index is 0.216. The lowest BCUT2D eigenvalue weighted by molar-refractivity contribution is 0.439. The summed E-state index contributed by atoms with van der Waals surface area (Å²) in [4.78, 5) is 8.48. The van der Waals surface area contributed by atoms with Crippen LogP contribution in [-0.2, 0) is 6.54 Å². The van der Waals surface area contributed by atoms with Gasteiger partial charge in [-0.25, -0.2) is 4.98 Å². The van der Waals surface area contributed by atoms with Gasteiger partial charge in [-0.15, -0.1) is 0 Å². The molecular formula is C14H14Cl3N3O. The molecule has 0 spiro atoms. The molecular weight excluding hydrogens is 333 g/mol. The molecule has 21 heavy (non-hydrogen) atoms. The van der Waals surface area contributed by atoms with Crippen LogP contribution in [0.3, 0.4) is 0 Å². The lowest BCUT2D eigenvalue weighted by atomic mass is 10.2. The minimum Gasteiger partial charge on any atom is -0.423 e. The van der Waals surface area contributed by atoms with Gasteiger partial charge < -0.3 is 10.1 Å². The molecule has 0 atom stereocenters. The standard InChI is InChI=1S/C14H14Cl3N3O/c1-3-18-6-9-7-19-14(20-8(9)2)21-13-5-11(16)10(15)4-12(13)17/h4-5,7,18H,3,6H2,1-2H3. The molecule has 4 nitrogen and oxygen atoms in total. The minimum absolute atomic E-state index is 0.216. The SMILES string of the molecule is CCNCc1cnc(Oc2cc(Cl)c(Cl)cc2Cl)nc1C. The summed E-state index contributed by atoms with van der Waals surface area (Å²) in [5.74, 6) is 0.366. The molecule has 0 aliphatic heterocycles. The fourth-order valence-electron chi connectivity index (χ4n) is 1.63. The summed E-state index contributed by atoms with van der Waals surface area (Å²) in [7, 11) is 0. The Hall–Kier alpha value is -1.07. The van der Waals surface area contributed by atoms with Crippen LogP contribution in [0.25, 0.3) is 0 Å². The average molecular weight is 347 g/mol. The van der Waals surface area contributed by atoms with E-state index in [2.05, 4.69) is 15.3 Å². The molecule has 7 heteroatoms. The van der Waals surface area contributed by atoms with Crippen molar-refractivity contribution in [2.45, 2.75) is 20.4 Å². The summed E-state index contributed by atoms with van der Waals surface area (Å²) >= 11 is 17.9. The van der Waals surface area contributed by atoms with Crippen LogP contribution in [-0.4, -0.2) is 16.5 Å². The summed E-state index contributed by atoms with van der Waals surface area (Å²) in [6.45, 7) is 5.55. The summed E-state index contributed by atoms with van der Waals surface area (Å²) in [6.07, 6.45) is 1.73. The number of aromatic nitrogens is 2. The van der Waals surface area contributed by atoms with Crippen molar-refractivity contribution in [1.29, 1.82) is 0 Å². The van der Waals surface area contributed by atoms with Crippen LogP contribution in [0.4, 0.5) is 0 Å². The Morgan fingerprint density at radius 3 is 2.52 bits per heavy atom. The number of aryl methyl sites for hydroxylation is 1. The fraction of sp³-hybridized carbons (Fsp3) is 0.286. The molecule has 0 aliphatic rings. The topological polar surface area (TPSA) is 47.0 Å². The first kappa shape index (κ1) is 16.3. The maximum absolute atomic E-state index is 6.06. The Balaban J connectivity index is 2.20. The Kier molecular flexibility index (Phi) is 5.65. The second-order valence-electron chi connectivity index (χ2n) is 4.34. The Morgan fingerprint density at radius 1 is 1.14 bits per heavy atom. The number of nitrogens with one attached hydrogen (secondary N) is 1. The van der Waals surface area contributed by atoms with E-state index >= 15 is 0 Å². The highest BCUT2D eigenvalue weighted by Crippen LogP contribution is 2.35. The van der Waals surface area contributed by atoms with Gasteiger partial charge in [0.05, 0.1) is 15.1 Å². The predicted octanol–water partition coefficient (Wildman–Crippen LogP) is 4.65. The zero-order chi connectivity index (χ0) is 15.4. The first-order valence-corrected chi connectivity index (χ1v) is 7.50. The smallest absolute Gasteiger partial charge is 0.322 e. The monoisotopic (exact) mass is 345 g/mol. The lowest BCUT2D eigenvalue weighted by Crippen LogP contribution is -2.13. The summed E-state index contributed by atoms with van der Waals surface area (Å²) in [5, 5.41) is 4.30. The van der Waals surface area contributed by atoms with Crippen molar-refractivity contribution < 1.29 is 4.74 Å². The molecule has 0 fully saturated rings. The molecule has 0 radical (unpaired) electrons. The maximum atomic E-state index is 6.06. The van der Waals surface area contributed by atoms with Crippen LogP contribution < -0.4 is 10.1 Å². The van der Waals surface area contributed by atoms with E-state index in [-0.39, 0.29) is 6.01 Å². The van der Waals surface area contributed by atoms with E-state index in [1.807, 2.05) is 13.8 Å². The molecule has 0 bridgehead atoms. The molecule has 2 aromatic rings. The van der Waals surface area contributed by atoms with Crippen LogP contribution in [0.2, 0.25) is 15.1 Å². The van der Waals surface area contributed by atoms with Crippen LogP contribution >= 0.6 is 34.8 Å². The van der Waals surface area contributed by atoms with Crippen LogP contribution in [0, 0.1) is 6.92 Å². The van der Waals surface area contributed by atoms with E-state index in [0.717, 1.165) is 24.3 Å². The van der Waals surface area contributed by atoms with Crippen molar-refractivity contribution in [1.82, 2.24) is 15.3 Å². The van der Waals surface area contributed by atoms with Crippen LogP contribution in [0.1, 0.15) is 18.2 Å². The van der Waals surface area contributed by atoms with Crippen molar-refractivity contribution in [3.8, 4) is 11.8 Å². The number of halogens is 3. The molecule has 112 valence electrons. The van der Waals surface area contributed by atoms with Gasteiger partial charge in [0, 0.05) is 30.1 Å². The van der Waals surface area contributed by atoms with Crippen molar-refractivity contribution in [2.75, 3.05) is 6.54 Å². The molecule has 0 aliphatic carbocycles. The quantitative estimate of drug-likeness (QED) is 0.801. The maximum Gasteiger partial charge on any atom is 0.322 e. The molecule has 1 heterocycles. The third kappa shape index (κ3) is 4.20. The van der Waals surface area contributed by atoms with E-state index < -0.39 is 0 Å². The molecule has 0 saturated heterocycles. The Labute approximate surface area is 138 Å². The molecule has 0 saturated carbocycles.